The Bertz CT molecular complexity index is 1020. The Balaban J connectivity index is 1.68. The van der Waals surface area contributed by atoms with Crippen molar-refractivity contribution in [1.82, 2.24) is 25.1 Å². The minimum atomic E-state index is -0.270. The van der Waals surface area contributed by atoms with Gasteiger partial charge in [0.15, 0.2) is 5.82 Å². The van der Waals surface area contributed by atoms with Gasteiger partial charge in [0.2, 0.25) is 0 Å². The SMILES string of the molecule is COc1ccccc1C(c1nnnn1C(C)(C)C)N1CCN(c2ccccc2F)CC1. The van der Waals surface area contributed by atoms with Gasteiger partial charge < -0.3 is 9.64 Å². The predicted octanol–water partition coefficient (Wildman–Crippen LogP) is 3.49. The van der Waals surface area contributed by atoms with Crippen molar-refractivity contribution in [1.29, 1.82) is 0 Å². The first-order valence-corrected chi connectivity index (χ1v) is 10.6. The summed E-state index contributed by atoms with van der Waals surface area (Å²) in [6, 6.07) is 14.8. The average Bonchev–Trinajstić information content (AvgIpc) is 3.25. The van der Waals surface area contributed by atoms with E-state index in [1.807, 2.05) is 35.0 Å². The first-order chi connectivity index (χ1) is 14.9. The van der Waals surface area contributed by atoms with Gasteiger partial charge in [-0.05, 0) is 49.4 Å². The average molecular weight is 425 g/mol. The van der Waals surface area contributed by atoms with Crippen molar-refractivity contribution in [3.63, 3.8) is 0 Å². The van der Waals surface area contributed by atoms with E-state index in [0.717, 1.165) is 30.2 Å². The molecule has 1 fully saturated rings. The minimum Gasteiger partial charge on any atom is -0.496 e. The van der Waals surface area contributed by atoms with E-state index < -0.39 is 0 Å². The van der Waals surface area contributed by atoms with E-state index in [4.69, 9.17) is 4.74 Å². The molecule has 0 spiro atoms. The fraction of sp³-hybridized carbons (Fsp3) is 0.435. The molecule has 2 aromatic carbocycles. The Labute approximate surface area is 182 Å². The van der Waals surface area contributed by atoms with Gasteiger partial charge in [0.05, 0.1) is 18.3 Å². The lowest BCUT2D eigenvalue weighted by molar-refractivity contribution is 0.188. The smallest absolute Gasteiger partial charge is 0.173 e. The molecule has 1 unspecified atom stereocenters. The van der Waals surface area contributed by atoms with Gasteiger partial charge in [-0.1, -0.05) is 30.3 Å². The highest BCUT2D eigenvalue weighted by Gasteiger charge is 2.35. The van der Waals surface area contributed by atoms with Crippen molar-refractivity contribution in [2.75, 3.05) is 38.2 Å². The molecule has 0 aliphatic carbocycles. The molecular formula is C23H29FN6O. The van der Waals surface area contributed by atoms with Crippen LogP contribution in [0.4, 0.5) is 10.1 Å². The van der Waals surface area contributed by atoms with Crippen LogP contribution in [0, 0.1) is 5.82 Å². The molecule has 8 heteroatoms. The van der Waals surface area contributed by atoms with Crippen molar-refractivity contribution >= 4 is 5.69 Å². The lowest BCUT2D eigenvalue weighted by atomic mass is 10.0. The normalized spacial score (nSPS) is 16.4. The standard InChI is InChI=1S/C23H29FN6O/c1-23(2,3)30-22(25-26-27-30)21(17-9-5-8-12-20(17)31-4)29-15-13-28(14-16-29)19-11-7-6-10-18(19)24/h5-12,21H,13-16H2,1-4H3. The Morgan fingerprint density at radius 3 is 2.32 bits per heavy atom. The Morgan fingerprint density at radius 1 is 0.968 bits per heavy atom. The summed E-state index contributed by atoms with van der Waals surface area (Å²) in [5, 5.41) is 12.7. The van der Waals surface area contributed by atoms with Crippen LogP contribution in [0.5, 0.6) is 5.75 Å². The van der Waals surface area contributed by atoms with Crippen LogP contribution in [-0.2, 0) is 5.54 Å². The molecule has 1 aliphatic heterocycles. The fourth-order valence-electron chi connectivity index (χ4n) is 4.16. The molecule has 0 saturated carbocycles. The second-order valence-corrected chi connectivity index (χ2v) is 8.74. The van der Waals surface area contributed by atoms with Crippen LogP contribution < -0.4 is 9.64 Å². The summed E-state index contributed by atoms with van der Waals surface area (Å²) >= 11 is 0. The van der Waals surface area contributed by atoms with Crippen LogP contribution in [0.25, 0.3) is 0 Å². The first-order valence-electron chi connectivity index (χ1n) is 10.6. The summed E-state index contributed by atoms with van der Waals surface area (Å²) in [5.74, 6) is 1.39. The highest BCUT2D eigenvalue weighted by molar-refractivity contribution is 5.48. The minimum absolute atomic E-state index is 0.173. The van der Waals surface area contributed by atoms with Crippen LogP contribution in [0.3, 0.4) is 0 Å². The molecule has 1 aliphatic rings. The number of methoxy groups -OCH3 is 1. The van der Waals surface area contributed by atoms with Gasteiger partial charge in [0.25, 0.3) is 0 Å². The molecular weight excluding hydrogens is 395 g/mol. The van der Waals surface area contributed by atoms with E-state index in [1.54, 1.807) is 13.2 Å². The number of rotatable bonds is 5. The second-order valence-electron chi connectivity index (χ2n) is 8.74. The number of nitrogens with zero attached hydrogens (tertiary/aromatic N) is 6. The van der Waals surface area contributed by atoms with Gasteiger partial charge in [-0.25, -0.2) is 9.07 Å². The van der Waals surface area contributed by atoms with Crippen molar-refractivity contribution in [3.8, 4) is 5.75 Å². The lowest BCUT2D eigenvalue weighted by Crippen LogP contribution is -2.49. The molecule has 3 aromatic rings. The van der Waals surface area contributed by atoms with Crippen LogP contribution in [0.1, 0.15) is 38.2 Å². The summed E-state index contributed by atoms with van der Waals surface area (Å²) in [7, 11) is 1.68. The number of hydrogen-bond acceptors (Lipinski definition) is 6. The molecule has 1 atom stereocenters. The third-order valence-electron chi connectivity index (χ3n) is 5.68. The van der Waals surface area contributed by atoms with Gasteiger partial charge in [-0.15, -0.1) is 5.10 Å². The Morgan fingerprint density at radius 2 is 1.65 bits per heavy atom. The van der Waals surface area contributed by atoms with Gasteiger partial charge in [-0.3, -0.25) is 4.90 Å². The number of piperazine rings is 1. The molecule has 31 heavy (non-hydrogen) atoms. The molecule has 0 amide bonds. The van der Waals surface area contributed by atoms with E-state index in [0.29, 0.717) is 18.8 Å². The summed E-state index contributed by atoms with van der Waals surface area (Å²) in [4.78, 5) is 4.45. The fourth-order valence-corrected chi connectivity index (χ4v) is 4.16. The lowest BCUT2D eigenvalue weighted by Gasteiger charge is -2.40. The number of hydrogen-bond donors (Lipinski definition) is 0. The molecule has 2 heterocycles. The van der Waals surface area contributed by atoms with Crippen LogP contribution in [0.15, 0.2) is 48.5 Å². The highest BCUT2D eigenvalue weighted by atomic mass is 19.1. The highest BCUT2D eigenvalue weighted by Crippen LogP contribution is 2.36. The van der Waals surface area contributed by atoms with E-state index in [2.05, 4.69) is 52.2 Å². The topological polar surface area (TPSA) is 59.3 Å². The van der Waals surface area contributed by atoms with Gasteiger partial charge >= 0.3 is 0 Å². The number of para-hydroxylation sites is 2. The zero-order chi connectivity index (χ0) is 22.0. The summed E-state index contributed by atoms with van der Waals surface area (Å²) in [5.41, 5.74) is 1.40. The number of aromatic nitrogens is 4. The van der Waals surface area contributed by atoms with E-state index in [9.17, 15) is 4.39 Å². The monoisotopic (exact) mass is 424 g/mol. The van der Waals surface area contributed by atoms with E-state index >= 15 is 0 Å². The number of ether oxygens (including phenoxy) is 1. The first kappa shape index (κ1) is 21.2. The Kier molecular flexibility index (Phi) is 5.91. The number of halogens is 1. The molecule has 4 rings (SSSR count). The van der Waals surface area contributed by atoms with Gasteiger partial charge in [-0.2, -0.15) is 0 Å². The van der Waals surface area contributed by atoms with Gasteiger partial charge in [0, 0.05) is 31.7 Å². The molecule has 7 nitrogen and oxygen atoms in total. The zero-order valence-corrected chi connectivity index (χ0v) is 18.5. The van der Waals surface area contributed by atoms with Crippen molar-refractivity contribution in [2.24, 2.45) is 0 Å². The number of benzene rings is 2. The van der Waals surface area contributed by atoms with Crippen molar-refractivity contribution < 1.29 is 9.13 Å². The quantitative estimate of drug-likeness (QED) is 0.625. The molecule has 164 valence electrons. The predicted molar refractivity (Wildman–Crippen MR) is 118 cm³/mol. The maximum absolute atomic E-state index is 14.3. The maximum atomic E-state index is 14.3. The van der Waals surface area contributed by atoms with Crippen LogP contribution in [0.2, 0.25) is 0 Å². The van der Waals surface area contributed by atoms with Crippen molar-refractivity contribution in [2.45, 2.75) is 32.4 Å². The summed E-state index contributed by atoms with van der Waals surface area (Å²) in [6.07, 6.45) is 0. The van der Waals surface area contributed by atoms with E-state index in [-0.39, 0.29) is 17.4 Å². The summed E-state index contributed by atoms with van der Waals surface area (Å²) in [6.45, 7) is 9.17. The van der Waals surface area contributed by atoms with Crippen molar-refractivity contribution in [3.05, 3.63) is 65.7 Å². The number of anilines is 1. The Hall–Kier alpha value is -3.00. The molecule has 1 aromatic heterocycles. The zero-order valence-electron chi connectivity index (χ0n) is 18.5. The van der Waals surface area contributed by atoms with Gasteiger partial charge in [0.1, 0.15) is 17.6 Å². The molecule has 0 bridgehead atoms. The molecule has 1 saturated heterocycles. The third kappa shape index (κ3) is 4.25. The number of tetrazole rings is 1. The molecule has 0 N–H and O–H groups in total. The van der Waals surface area contributed by atoms with E-state index in [1.165, 1.54) is 6.07 Å². The summed E-state index contributed by atoms with van der Waals surface area (Å²) < 4.78 is 21.9. The largest absolute Gasteiger partial charge is 0.496 e. The second kappa shape index (κ2) is 8.63. The van der Waals surface area contributed by atoms with Crippen LogP contribution >= 0.6 is 0 Å². The molecule has 0 radical (unpaired) electrons. The maximum Gasteiger partial charge on any atom is 0.173 e. The third-order valence-corrected chi connectivity index (χ3v) is 5.68. The van der Waals surface area contributed by atoms with Crippen LogP contribution in [-0.4, -0.2) is 58.4 Å².